The number of nitrogens with zero attached hydrogens (tertiary/aromatic N) is 2. The summed E-state index contributed by atoms with van der Waals surface area (Å²) >= 11 is 3.38. The standard InChI is InChI=1S/C13H15BrN2O3/c1-4-19-13(18)12(9(3)17)16-15-10-5-6-11(14)8(2)7-10/h5-7,12H,4H2,1-3H3/t12-/m0/s1. The number of Topliss-reactive ketones (excluding diaryl/α,β-unsaturated/α-hetero) is 1. The second kappa shape index (κ2) is 7.13. The van der Waals surface area contributed by atoms with E-state index in [4.69, 9.17) is 4.74 Å². The van der Waals surface area contributed by atoms with Gasteiger partial charge in [0.05, 0.1) is 12.3 Å². The number of rotatable bonds is 5. The molecule has 102 valence electrons. The zero-order chi connectivity index (χ0) is 14.4. The minimum atomic E-state index is -1.19. The highest BCUT2D eigenvalue weighted by atomic mass is 79.9. The Kier molecular flexibility index (Phi) is 5.82. The third-order valence-corrected chi connectivity index (χ3v) is 3.21. The number of hydrogen-bond acceptors (Lipinski definition) is 5. The number of carbonyl (C=O) groups is 2. The van der Waals surface area contributed by atoms with E-state index in [0.29, 0.717) is 5.69 Å². The van der Waals surface area contributed by atoms with Crippen LogP contribution < -0.4 is 0 Å². The first-order valence-corrected chi connectivity index (χ1v) is 6.59. The fourth-order valence-corrected chi connectivity index (χ4v) is 1.58. The lowest BCUT2D eigenvalue weighted by Crippen LogP contribution is -2.28. The van der Waals surface area contributed by atoms with Gasteiger partial charge >= 0.3 is 5.97 Å². The van der Waals surface area contributed by atoms with Gasteiger partial charge < -0.3 is 4.74 Å². The molecule has 1 rings (SSSR count). The third-order valence-electron chi connectivity index (χ3n) is 2.33. The molecule has 19 heavy (non-hydrogen) atoms. The van der Waals surface area contributed by atoms with E-state index in [9.17, 15) is 9.59 Å². The first-order chi connectivity index (χ1) is 8.95. The van der Waals surface area contributed by atoms with Gasteiger partial charge in [0.1, 0.15) is 0 Å². The second-order valence-electron chi connectivity index (χ2n) is 3.91. The molecular weight excluding hydrogens is 312 g/mol. The molecule has 0 N–H and O–H groups in total. The van der Waals surface area contributed by atoms with E-state index in [-0.39, 0.29) is 6.61 Å². The summed E-state index contributed by atoms with van der Waals surface area (Å²) in [6, 6.07) is 4.18. The van der Waals surface area contributed by atoms with Gasteiger partial charge in [-0.05, 0) is 44.5 Å². The molecule has 0 amide bonds. The molecule has 0 aliphatic heterocycles. The SMILES string of the molecule is CCOC(=O)[C@@H](N=Nc1ccc(Br)c(C)c1)C(C)=O. The van der Waals surface area contributed by atoms with Gasteiger partial charge in [-0.25, -0.2) is 4.79 Å². The van der Waals surface area contributed by atoms with E-state index in [1.165, 1.54) is 6.92 Å². The highest BCUT2D eigenvalue weighted by Gasteiger charge is 2.24. The molecule has 1 atom stereocenters. The highest BCUT2D eigenvalue weighted by Crippen LogP contribution is 2.22. The third kappa shape index (κ3) is 4.55. The summed E-state index contributed by atoms with van der Waals surface area (Å²) in [5.41, 5.74) is 1.57. The fourth-order valence-electron chi connectivity index (χ4n) is 1.33. The molecule has 1 aromatic rings. The Balaban J connectivity index is 2.89. The smallest absolute Gasteiger partial charge is 0.340 e. The Morgan fingerprint density at radius 3 is 2.63 bits per heavy atom. The maximum Gasteiger partial charge on any atom is 0.340 e. The molecule has 5 nitrogen and oxygen atoms in total. The minimum absolute atomic E-state index is 0.204. The van der Waals surface area contributed by atoms with Gasteiger partial charge in [-0.1, -0.05) is 15.9 Å². The second-order valence-corrected chi connectivity index (χ2v) is 4.77. The van der Waals surface area contributed by atoms with Crippen molar-refractivity contribution < 1.29 is 14.3 Å². The maximum absolute atomic E-state index is 11.5. The number of ketones is 1. The van der Waals surface area contributed by atoms with Crippen LogP contribution in [0.2, 0.25) is 0 Å². The van der Waals surface area contributed by atoms with Gasteiger partial charge in [-0.2, -0.15) is 10.2 Å². The lowest BCUT2D eigenvalue weighted by atomic mass is 10.2. The molecular formula is C13H15BrN2O3. The van der Waals surface area contributed by atoms with Crippen LogP contribution in [-0.2, 0) is 14.3 Å². The zero-order valence-electron chi connectivity index (χ0n) is 11.0. The van der Waals surface area contributed by atoms with Gasteiger partial charge in [0.15, 0.2) is 5.78 Å². The van der Waals surface area contributed by atoms with Gasteiger partial charge in [0.25, 0.3) is 0 Å². The summed E-state index contributed by atoms with van der Waals surface area (Å²) in [4.78, 5) is 22.9. The lowest BCUT2D eigenvalue weighted by molar-refractivity contribution is -0.147. The molecule has 0 heterocycles. The molecule has 0 spiro atoms. The molecule has 0 unspecified atom stereocenters. The summed E-state index contributed by atoms with van der Waals surface area (Å²) in [5.74, 6) is -1.07. The minimum Gasteiger partial charge on any atom is -0.464 e. The van der Waals surface area contributed by atoms with Gasteiger partial charge in [0, 0.05) is 4.47 Å². The Morgan fingerprint density at radius 2 is 2.11 bits per heavy atom. The molecule has 6 heteroatoms. The van der Waals surface area contributed by atoms with E-state index in [0.717, 1.165) is 10.0 Å². The van der Waals surface area contributed by atoms with Crippen molar-refractivity contribution in [2.24, 2.45) is 10.2 Å². The zero-order valence-corrected chi connectivity index (χ0v) is 12.6. The number of hydrogen-bond donors (Lipinski definition) is 0. The maximum atomic E-state index is 11.5. The predicted molar refractivity (Wildman–Crippen MR) is 74.5 cm³/mol. The predicted octanol–water partition coefficient (Wildman–Crippen LogP) is 3.36. The van der Waals surface area contributed by atoms with Gasteiger partial charge in [0.2, 0.25) is 6.04 Å². The summed E-state index contributed by atoms with van der Waals surface area (Å²) in [6.07, 6.45) is 0. The van der Waals surface area contributed by atoms with Crippen LogP contribution in [0.25, 0.3) is 0 Å². The van der Waals surface area contributed by atoms with Crippen molar-refractivity contribution in [2.45, 2.75) is 26.8 Å². The van der Waals surface area contributed by atoms with Crippen molar-refractivity contribution >= 4 is 33.4 Å². The molecule has 0 bridgehead atoms. The summed E-state index contributed by atoms with van der Waals surface area (Å²) in [6.45, 7) is 5.07. The number of esters is 1. The van der Waals surface area contributed by atoms with E-state index in [2.05, 4.69) is 26.2 Å². The topological polar surface area (TPSA) is 68.1 Å². The molecule has 0 aromatic heterocycles. The molecule has 0 fully saturated rings. The number of azo groups is 1. The number of ether oxygens (including phenoxy) is 1. The van der Waals surface area contributed by atoms with Crippen molar-refractivity contribution in [3.05, 3.63) is 28.2 Å². The number of benzene rings is 1. The first kappa shape index (κ1) is 15.5. The Labute approximate surface area is 120 Å². The number of aryl methyl sites for hydroxylation is 1. The molecule has 0 saturated carbocycles. The van der Waals surface area contributed by atoms with Crippen LogP contribution in [0.5, 0.6) is 0 Å². The molecule has 0 saturated heterocycles. The van der Waals surface area contributed by atoms with Crippen LogP contribution in [0.4, 0.5) is 5.69 Å². The average Bonchev–Trinajstić information content (AvgIpc) is 2.33. The van der Waals surface area contributed by atoms with Crippen LogP contribution in [0.15, 0.2) is 32.9 Å². The Bertz CT molecular complexity index is 515. The van der Waals surface area contributed by atoms with Crippen LogP contribution >= 0.6 is 15.9 Å². The molecule has 0 aliphatic carbocycles. The van der Waals surface area contributed by atoms with E-state index >= 15 is 0 Å². The number of carbonyl (C=O) groups excluding carboxylic acids is 2. The first-order valence-electron chi connectivity index (χ1n) is 5.79. The Morgan fingerprint density at radius 1 is 1.42 bits per heavy atom. The van der Waals surface area contributed by atoms with Gasteiger partial charge in [-0.3, -0.25) is 4.79 Å². The van der Waals surface area contributed by atoms with E-state index in [1.807, 2.05) is 13.0 Å². The van der Waals surface area contributed by atoms with Crippen molar-refractivity contribution in [1.82, 2.24) is 0 Å². The summed E-state index contributed by atoms with van der Waals surface area (Å²) in [5, 5.41) is 7.68. The normalized spacial score (nSPS) is 12.4. The molecule has 0 radical (unpaired) electrons. The Hall–Kier alpha value is -1.56. The van der Waals surface area contributed by atoms with Gasteiger partial charge in [-0.15, -0.1) is 0 Å². The van der Waals surface area contributed by atoms with Crippen molar-refractivity contribution in [1.29, 1.82) is 0 Å². The van der Waals surface area contributed by atoms with Crippen LogP contribution in [-0.4, -0.2) is 24.4 Å². The van der Waals surface area contributed by atoms with E-state index in [1.54, 1.807) is 19.1 Å². The van der Waals surface area contributed by atoms with Crippen LogP contribution in [0.3, 0.4) is 0 Å². The fraction of sp³-hybridized carbons (Fsp3) is 0.385. The number of halogens is 1. The largest absolute Gasteiger partial charge is 0.464 e. The summed E-state index contributed by atoms with van der Waals surface area (Å²) < 4.78 is 5.73. The van der Waals surface area contributed by atoms with Crippen molar-refractivity contribution in [3.63, 3.8) is 0 Å². The quantitative estimate of drug-likeness (QED) is 0.473. The monoisotopic (exact) mass is 326 g/mol. The van der Waals surface area contributed by atoms with Crippen LogP contribution in [0, 0.1) is 6.92 Å². The lowest BCUT2D eigenvalue weighted by Gasteiger charge is -2.06. The molecule has 1 aromatic carbocycles. The van der Waals surface area contributed by atoms with Crippen LogP contribution in [0.1, 0.15) is 19.4 Å². The summed E-state index contributed by atoms with van der Waals surface area (Å²) in [7, 11) is 0. The average molecular weight is 327 g/mol. The van der Waals surface area contributed by atoms with Crippen molar-refractivity contribution in [3.8, 4) is 0 Å². The van der Waals surface area contributed by atoms with Crippen molar-refractivity contribution in [2.75, 3.05) is 6.61 Å². The highest BCUT2D eigenvalue weighted by molar-refractivity contribution is 9.10. The molecule has 0 aliphatic rings. The van der Waals surface area contributed by atoms with E-state index < -0.39 is 17.8 Å².